The van der Waals surface area contributed by atoms with Crippen LogP contribution in [0.4, 0.5) is 0 Å². The summed E-state index contributed by atoms with van der Waals surface area (Å²) in [5.74, 6) is -1.95. The molecule has 0 unspecified atom stereocenters. The Morgan fingerprint density at radius 3 is 2.75 bits per heavy atom. The first-order valence-corrected chi connectivity index (χ1v) is 7.26. The number of nitrogens with zero attached hydrogens (tertiary/aromatic N) is 1. The molecule has 1 atom stereocenters. The number of amides is 1. The van der Waals surface area contributed by atoms with Crippen molar-refractivity contribution in [3.63, 3.8) is 0 Å². The molecule has 6 nitrogen and oxygen atoms in total. The molecule has 9 heteroatoms. The molecule has 1 saturated heterocycles. The van der Waals surface area contributed by atoms with Crippen LogP contribution in [0.3, 0.4) is 0 Å². The maximum absolute atomic E-state index is 11.8. The molecule has 0 spiro atoms. The summed E-state index contributed by atoms with van der Waals surface area (Å²) < 4.78 is 4.79. The van der Waals surface area contributed by atoms with Gasteiger partial charge in [0.25, 0.3) is 5.91 Å². The van der Waals surface area contributed by atoms with E-state index in [1.54, 1.807) is 0 Å². The van der Waals surface area contributed by atoms with Crippen molar-refractivity contribution in [1.82, 2.24) is 4.90 Å². The second-order valence-corrected chi connectivity index (χ2v) is 5.45. The van der Waals surface area contributed by atoms with E-state index in [0.29, 0.717) is 16.9 Å². The van der Waals surface area contributed by atoms with Gasteiger partial charge in [0.05, 0.1) is 17.2 Å². The number of carbonyl (C=O) groups excluding carboxylic acids is 3. The molecule has 0 saturated carbocycles. The molecule has 0 aliphatic carbocycles. The van der Waals surface area contributed by atoms with Gasteiger partial charge in [0.1, 0.15) is 12.0 Å². The first-order chi connectivity index (χ1) is 8.97. The van der Waals surface area contributed by atoms with Gasteiger partial charge in [-0.3, -0.25) is 14.5 Å². The topological polar surface area (TPSA) is 86.7 Å². The summed E-state index contributed by atoms with van der Waals surface area (Å²) in [6.07, 6.45) is 0. The summed E-state index contributed by atoms with van der Waals surface area (Å²) in [4.78, 5) is 36.4. The fourth-order valence-corrected chi connectivity index (χ4v) is 3.77. The Balaban J connectivity index is 0.00000200. The van der Waals surface area contributed by atoms with E-state index in [4.69, 9.17) is 4.74 Å². The number of hydrogen-bond acceptors (Lipinski definition) is 6. The van der Waals surface area contributed by atoms with Crippen LogP contribution < -0.4 is 34.7 Å². The molecule has 0 aromatic heterocycles. The first-order valence-electron chi connectivity index (χ1n) is 5.29. The smallest absolute Gasteiger partial charge is 0.543 e. The Morgan fingerprint density at radius 2 is 2.25 bits per heavy atom. The first kappa shape index (κ1) is 17.8. The van der Waals surface area contributed by atoms with Crippen LogP contribution >= 0.6 is 27.7 Å². The van der Waals surface area contributed by atoms with Crippen LogP contribution in [0.25, 0.3) is 0 Å². The number of β-lactam (4-membered cyclic amide) rings is 1. The van der Waals surface area contributed by atoms with Crippen molar-refractivity contribution in [2.24, 2.45) is 0 Å². The van der Waals surface area contributed by atoms with E-state index in [2.05, 4.69) is 15.9 Å². The third-order valence-electron chi connectivity index (χ3n) is 2.72. The van der Waals surface area contributed by atoms with E-state index < -0.39 is 11.9 Å². The molecule has 0 aromatic rings. The SMILES string of the molecule is CC(=O)OCC1=C(C(=O)[O-])N2C(=O)/C(=C\Br)[C@H]2SC1.[Na+]. The number of carboxylic acids is 1. The molecule has 0 bridgehead atoms. The second kappa shape index (κ2) is 7.13. The summed E-state index contributed by atoms with van der Waals surface area (Å²) in [7, 11) is 0. The van der Waals surface area contributed by atoms with Gasteiger partial charge >= 0.3 is 35.5 Å². The maximum atomic E-state index is 11.8. The third-order valence-corrected chi connectivity index (χ3v) is 4.51. The van der Waals surface area contributed by atoms with Crippen molar-refractivity contribution in [3.8, 4) is 0 Å². The number of ether oxygens (including phenoxy) is 1. The Bertz CT molecular complexity index is 533. The minimum atomic E-state index is -1.44. The van der Waals surface area contributed by atoms with E-state index in [1.807, 2.05) is 0 Å². The van der Waals surface area contributed by atoms with Crippen LogP contribution in [0.1, 0.15) is 6.92 Å². The fourth-order valence-electron chi connectivity index (χ4n) is 1.87. The Kier molecular flexibility index (Phi) is 6.33. The quantitative estimate of drug-likeness (QED) is 0.225. The summed E-state index contributed by atoms with van der Waals surface area (Å²) in [5, 5.41) is 10.9. The predicted octanol–water partition coefficient (Wildman–Crippen LogP) is -3.25. The van der Waals surface area contributed by atoms with Gasteiger partial charge in [0.15, 0.2) is 0 Å². The molecule has 102 valence electrons. The van der Waals surface area contributed by atoms with E-state index in [1.165, 1.54) is 23.7 Å². The van der Waals surface area contributed by atoms with Crippen LogP contribution in [0.15, 0.2) is 21.8 Å². The van der Waals surface area contributed by atoms with Gasteiger partial charge in [-0.2, -0.15) is 0 Å². The van der Waals surface area contributed by atoms with E-state index in [-0.39, 0.29) is 53.1 Å². The molecule has 1 amide bonds. The number of carbonyl (C=O) groups is 3. The van der Waals surface area contributed by atoms with Gasteiger partial charge in [-0.1, -0.05) is 15.9 Å². The van der Waals surface area contributed by atoms with Crippen LogP contribution in [0.5, 0.6) is 0 Å². The third kappa shape index (κ3) is 3.14. The number of hydrogen-bond donors (Lipinski definition) is 0. The van der Waals surface area contributed by atoms with Crippen LogP contribution in [0.2, 0.25) is 0 Å². The molecule has 2 aliphatic rings. The zero-order chi connectivity index (χ0) is 14.2. The Labute approximate surface area is 150 Å². The van der Waals surface area contributed by atoms with Crippen LogP contribution in [-0.2, 0) is 19.1 Å². The van der Waals surface area contributed by atoms with Crippen LogP contribution in [0, 0.1) is 0 Å². The zero-order valence-corrected chi connectivity index (χ0v) is 15.2. The Morgan fingerprint density at radius 1 is 1.60 bits per heavy atom. The van der Waals surface area contributed by atoms with Gasteiger partial charge in [-0.25, -0.2) is 0 Å². The molecule has 2 heterocycles. The van der Waals surface area contributed by atoms with Gasteiger partial charge in [-0.05, 0) is 4.99 Å². The van der Waals surface area contributed by atoms with Crippen molar-refractivity contribution < 1.29 is 53.8 Å². The van der Waals surface area contributed by atoms with Gasteiger partial charge in [0, 0.05) is 18.2 Å². The number of aliphatic carboxylic acids is 1. The number of esters is 1. The number of fused-ring (bicyclic) bond motifs is 1. The summed E-state index contributed by atoms with van der Waals surface area (Å²) in [6.45, 7) is 1.09. The number of rotatable bonds is 3. The standard InChI is InChI=1S/C11H10BrNO5S.Na/c1-5(14)18-3-6-4-19-10-7(2-12)9(15)13(10)8(6)11(16)17;/h2,10H,3-4H2,1H3,(H,16,17);/q;+1/p-1/b7-2+;/t10-;/m1./s1. The molecule has 2 aliphatic heterocycles. The van der Waals surface area contributed by atoms with Gasteiger partial charge in [-0.15, -0.1) is 11.8 Å². The number of thioether (sulfide) groups is 1. The molecular weight excluding hydrogens is 361 g/mol. The van der Waals surface area contributed by atoms with Crippen molar-refractivity contribution >= 4 is 45.5 Å². The van der Waals surface area contributed by atoms with Crippen molar-refractivity contribution in [2.45, 2.75) is 12.3 Å². The molecule has 2 rings (SSSR count). The van der Waals surface area contributed by atoms with Crippen molar-refractivity contribution in [1.29, 1.82) is 0 Å². The summed E-state index contributed by atoms with van der Waals surface area (Å²) in [5.41, 5.74) is 0.696. The number of halogens is 1. The van der Waals surface area contributed by atoms with E-state index >= 15 is 0 Å². The van der Waals surface area contributed by atoms with E-state index in [0.717, 1.165) is 4.90 Å². The average Bonchev–Trinajstić information content (AvgIpc) is 2.35. The largest absolute Gasteiger partial charge is 1.00 e. The van der Waals surface area contributed by atoms with Crippen LogP contribution in [-0.4, -0.2) is 40.5 Å². The minimum absolute atomic E-state index is 0. The molecule has 0 radical (unpaired) electrons. The average molecular weight is 370 g/mol. The summed E-state index contributed by atoms with van der Waals surface area (Å²) >= 11 is 4.48. The molecule has 0 aromatic carbocycles. The molecular formula is C11H9BrNNaO5S. The van der Waals surface area contributed by atoms with Gasteiger partial charge < -0.3 is 14.6 Å². The van der Waals surface area contributed by atoms with E-state index in [9.17, 15) is 19.5 Å². The predicted molar refractivity (Wildman–Crippen MR) is 68.8 cm³/mol. The van der Waals surface area contributed by atoms with Crippen molar-refractivity contribution in [3.05, 3.63) is 21.8 Å². The monoisotopic (exact) mass is 369 g/mol. The maximum Gasteiger partial charge on any atom is 1.00 e. The second-order valence-electron chi connectivity index (χ2n) is 3.92. The Hall–Kier alpha value is -0.280. The molecule has 0 N–H and O–H groups in total. The summed E-state index contributed by atoms with van der Waals surface area (Å²) in [6, 6.07) is 0. The normalized spacial score (nSPS) is 22.9. The fraction of sp³-hybridized carbons (Fsp3) is 0.364. The molecule has 1 fully saturated rings. The zero-order valence-electron chi connectivity index (χ0n) is 10.8. The molecule has 20 heavy (non-hydrogen) atoms. The van der Waals surface area contributed by atoms with Crippen molar-refractivity contribution in [2.75, 3.05) is 12.4 Å². The minimum Gasteiger partial charge on any atom is -0.543 e. The number of carboxylic acid groups (broad SMARTS) is 1. The van der Waals surface area contributed by atoms with Gasteiger partial charge in [0.2, 0.25) is 0 Å².